The molecule has 148 valence electrons. The minimum atomic E-state index is -0.885. The standard InChI is InChI=1S/C21H28BrNO4/c1-3-4-5-6-7-8-10-17(20(24)25)19-16-11-9-12-18(22)15(16)13-14-23(19)21(26)27-2/h9,11-14,17,19H,3-8,10H2,1-2H3,(H,24,25)/t17-,19-/m1/s1. The third kappa shape index (κ3) is 5.34. The van der Waals surface area contributed by atoms with Gasteiger partial charge in [0.05, 0.1) is 19.1 Å². The number of methoxy groups -OCH3 is 1. The first-order chi connectivity index (χ1) is 13.0. The molecule has 0 aromatic heterocycles. The lowest BCUT2D eigenvalue weighted by atomic mass is 9.84. The van der Waals surface area contributed by atoms with Gasteiger partial charge in [-0.15, -0.1) is 0 Å². The van der Waals surface area contributed by atoms with Crippen LogP contribution in [-0.2, 0) is 9.53 Å². The van der Waals surface area contributed by atoms with E-state index in [4.69, 9.17) is 4.74 Å². The molecule has 1 aliphatic rings. The summed E-state index contributed by atoms with van der Waals surface area (Å²) in [7, 11) is 1.31. The molecule has 0 unspecified atom stereocenters. The number of rotatable bonds is 9. The van der Waals surface area contributed by atoms with Gasteiger partial charge in [-0.3, -0.25) is 9.69 Å². The predicted molar refractivity (Wildman–Crippen MR) is 109 cm³/mol. The van der Waals surface area contributed by atoms with Crippen LogP contribution < -0.4 is 0 Å². The smallest absolute Gasteiger partial charge is 0.414 e. The molecule has 0 radical (unpaired) electrons. The highest BCUT2D eigenvalue weighted by Crippen LogP contribution is 2.41. The predicted octanol–water partition coefficient (Wildman–Crippen LogP) is 5.99. The van der Waals surface area contributed by atoms with E-state index in [2.05, 4.69) is 22.9 Å². The summed E-state index contributed by atoms with van der Waals surface area (Å²) in [5.41, 5.74) is 1.74. The number of unbranched alkanes of at least 4 members (excludes halogenated alkanes) is 5. The fraction of sp³-hybridized carbons (Fsp3) is 0.524. The normalized spacial score (nSPS) is 16.7. The Morgan fingerprint density at radius 2 is 1.93 bits per heavy atom. The largest absolute Gasteiger partial charge is 0.481 e. The number of carbonyl (C=O) groups excluding carboxylic acids is 1. The molecule has 1 heterocycles. The number of hydrogen-bond acceptors (Lipinski definition) is 3. The van der Waals surface area contributed by atoms with Crippen LogP contribution in [0.4, 0.5) is 4.79 Å². The number of ether oxygens (including phenoxy) is 1. The summed E-state index contributed by atoms with van der Waals surface area (Å²) < 4.78 is 5.78. The van der Waals surface area contributed by atoms with E-state index in [-0.39, 0.29) is 0 Å². The minimum absolute atomic E-state index is 0.527. The van der Waals surface area contributed by atoms with Gasteiger partial charge in [0.15, 0.2) is 0 Å². The maximum atomic E-state index is 12.3. The van der Waals surface area contributed by atoms with Crippen molar-refractivity contribution < 1.29 is 19.4 Å². The van der Waals surface area contributed by atoms with Crippen LogP contribution in [0.5, 0.6) is 0 Å². The molecule has 2 rings (SSSR count). The number of aliphatic carboxylic acids is 1. The maximum absolute atomic E-state index is 12.3. The maximum Gasteiger partial charge on any atom is 0.414 e. The molecule has 5 nitrogen and oxygen atoms in total. The van der Waals surface area contributed by atoms with Gasteiger partial charge in [-0.25, -0.2) is 4.79 Å². The first-order valence-corrected chi connectivity index (χ1v) is 10.4. The Hall–Kier alpha value is -1.82. The van der Waals surface area contributed by atoms with E-state index >= 15 is 0 Å². The molecule has 0 spiro atoms. The number of halogens is 1. The van der Waals surface area contributed by atoms with Crippen LogP contribution in [0.15, 0.2) is 28.9 Å². The lowest BCUT2D eigenvalue weighted by molar-refractivity contribution is -0.144. The number of carboxylic acids is 1. The van der Waals surface area contributed by atoms with E-state index in [1.807, 2.05) is 24.3 Å². The summed E-state index contributed by atoms with van der Waals surface area (Å²) in [5.74, 6) is -1.57. The number of fused-ring (bicyclic) bond motifs is 1. The SMILES string of the molecule is CCCCCCCC[C@@H](C(=O)O)[C@H]1c2cccc(Br)c2C=CN1C(=O)OC. The molecular weight excluding hydrogens is 410 g/mol. The Morgan fingerprint density at radius 3 is 2.59 bits per heavy atom. The van der Waals surface area contributed by atoms with Crippen molar-refractivity contribution in [2.75, 3.05) is 7.11 Å². The number of carboxylic acid groups (broad SMARTS) is 1. The van der Waals surface area contributed by atoms with Crippen molar-refractivity contribution in [3.05, 3.63) is 40.0 Å². The molecule has 27 heavy (non-hydrogen) atoms. The zero-order valence-electron chi connectivity index (χ0n) is 16.0. The van der Waals surface area contributed by atoms with Gasteiger partial charge >= 0.3 is 12.1 Å². The van der Waals surface area contributed by atoms with Gasteiger partial charge in [0.2, 0.25) is 0 Å². The Kier molecular flexibility index (Phi) is 8.35. The van der Waals surface area contributed by atoms with E-state index in [9.17, 15) is 14.7 Å². The highest BCUT2D eigenvalue weighted by atomic mass is 79.9. The van der Waals surface area contributed by atoms with Gasteiger partial charge in [0, 0.05) is 10.7 Å². The number of benzene rings is 1. The summed E-state index contributed by atoms with van der Waals surface area (Å²) >= 11 is 3.52. The van der Waals surface area contributed by atoms with Crippen molar-refractivity contribution in [3.63, 3.8) is 0 Å². The van der Waals surface area contributed by atoms with Crippen molar-refractivity contribution in [3.8, 4) is 0 Å². The van der Waals surface area contributed by atoms with Crippen molar-refractivity contribution in [1.29, 1.82) is 0 Å². The van der Waals surface area contributed by atoms with Crippen LogP contribution in [0, 0.1) is 5.92 Å². The van der Waals surface area contributed by atoms with Gasteiger partial charge in [-0.1, -0.05) is 73.5 Å². The molecule has 2 atom stereocenters. The second-order valence-electron chi connectivity index (χ2n) is 6.88. The average Bonchev–Trinajstić information content (AvgIpc) is 2.66. The molecule has 0 aliphatic carbocycles. The fourth-order valence-electron chi connectivity index (χ4n) is 3.64. The van der Waals surface area contributed by atoms with Gasteiger partial charge in [-0.05, 0) is 29.7 Å². The quantitative estimate of drug-likeness (QED) is 0.481. The monoisotopic (exact) mass is 437 g/mol. The summed E-state index contributed by atoms with van der Waals surface area (Å²) in [5, 5.41) is 9.92. The number of carbonyl (C=O) groups is 2. The highest BCUT2D eigenvalue weighted by Gasteiger charge is 2.38. The van der Waals surface area contributed by atoms with Gasteiger partial charge in [0.25, 0.3) is 0 Å². The Labute approximate surface area is 169 Å². The van der Waals surface area contributed by atoms with Crippen molar-refractivity contribution in [2.24, 2.45) is 5.92 Å². The first-order valence-electron chi connectivity index (χ1n) is 9.57. The zero-order chi connectivity index (χ0) is 19.8. The zero-order valence-corrected chi connectivity index (χ0v) is 17.6. The lowest BCUT2D eigenvalue weighted by Gasteiger charge is -2.36. The van der Waals surface area contributed by atoms with Crippen LogP contribution in [0.25, 0.3) is 6.08 Å². The van der Waals surface area contributed by atoms with Crippen LogP contribution in [0.3, 0.4) is 0 Å². The molecule has 0 saturated carbocycles. The lowest BCUT2D eigenvalue weighted by Crippen LogP contribution is -2.39. The van der Waals surface area contributed by atoms with Gasteiger partial charge in [-0.2, -0.15) is 0 Å². The van der Waals surface area contributed by atoms with Crippen LogP contribution in [0.2, 0.25) is 0 Å². The molecule has 1 N–H and O–H groups in total. The van der Waals surface area contributed by atoms with E-state index in [1.54, 1.807) is 6.20 Å². The van der Waals surface area contributed by atoms with Crippen molar-refractivity contribution in [2.45, 2.75) is 57.9 Å². The van der Waals surface area contributed by atoms with Crippen LogP contribution >= 0.6 is 15.9 Å². The summed E-state index contributed by atoms with van der Waals surface area (Å²) in [6.45, 7) is 2.17. The molecule has 1 aliphatic heterocycles. The Bertz CT molecular complexity index is 689. The van der Waals surface area contributed by atoms with E-state index < -0.39 is 24.0 Å². The number of amides is 1. The molecular formula is C21H28BrNO4. The summed E-state index contributed by atoms with van der Waals surface area (Å²) in [4.78, 5) is 25.8. The average molecular weight is 438 g/mol. The molecule has 1 aromatic carbocycles. The summed E-state index contributed by atoms with van der Waals surface area (Å²) in [6, 6.07) is 5.09. The van der Waals surface area contributed by atoms with Crippen LogP contribution in [0.1, 0.15) is 69.0 Å². The highest BCUT2D eigenvalue weighted by molar-refractivity contribution is 9.10. The second kappa shape index (κ2) is 10.5. The van der Waals surface area contributed by atoms with E-state index in [0.29, 0.717) is 6.42 Å². The third-order valence-electron chi connectivity index (χ3n) is 5.06. The third-order valence-corrected chi connectivity index (χ3v) is 5.75. The summed E-state index contributed by atoms with van der Waals surface area (Å²) in [6.07, 6.45) is 9.97. The van der Waals surface area contributed by atoms with E-state index in [1.165, 1.54) is 31.3 Å². The molecule has 0 saturated heterocycles. The topological polar surface area (TPSA) is 66.8 Å². The van der Waals surface area contributed by atoms with Crippen molar-refractivity contribution in [1.82, 2.24) is 4.90 Å². The molecule has 6 heteroatoms. The second-order valence-corrected chi connectivity index (χ2v) is 7.74. The number of hydrogen-bond donors (Lipinski definition) is 1. The first kappa shape index (κ1) is 21.5. The molecule has 0 bridgehead atoms. The van der Waals surface area contributed by atoms with E-state index in [0.717, 1.165) is 34.9 Å². The Balaban J connectivity index is 2.24. The minimum Gasteiger partial charge on any atom is -0.481 e. The van der Waals surface area contributed by atoms with Gasteiger partial charge < -0.3 is 9.84 Å². The van der Waals surface area contributed by atoms with Crippen molar-refractivity contribution >= 4 is 34.1 Å². The van der Waals surface area contributed by atoms with Crippen LogP contribution in [-0.4, -0.2) is 29.2 Å². The molecule has 1 aromatic rings. The molecule has 0 fully saturated rings. The Morgan fingerprint density at radius 1 is 1.22 bits per heavy atom. The molecule has 1 amide bonds. The fourth-order valence-corrected chi connectivity index (χ4v) is 4.15. The number of nitrogens with zero attached hydrogens (tertiary/aromatic N) is 1. The van der Waals surface area contributed by atoms with Gasteiger partial charge in [0.1, 0.15) is 0 Å².